The van der Waals surface area contributed by atoms with Crippen LogP contribution in [0.1, 0.15) is 25.3 Å². The van der Waals surface area contributed by atoms with E-state index < -0.39 is 6.09 Å². The molecule has 0 aliphatic heterocycles. The van der Waals surface area contributed by atoms with Crippen molar-refractivity contribution in [2.24, 2.45) is 0 Å². The standard InChI is InChI=1S/C15H19BrN2O4/c1-3-4-8-21-15(19)17-7-9-20-14-13-10(2)11(16)5-6-12(13)22-18-14/h5-6H,3-4,7-9H2,1-2H3,(H,17,19). The maximum atomic E-state index is 11.4. The molecule has 22 heavy (non-hydrogen) atoms. The number of nitrogens with one attached hydrogen (secondary N) is 1. The molecule has 0 aliphatic carbocycles. The van der Waals surface area contributed by atoms with E-state index in [1.165, 1.54) is 0 Å². The Hall–Kier alpha value is -1.76. The molecule has 0 spiro atoms. The van der Waals surface area contributed by atoms with Gasteiger partial charge in [0.15, 0.2) is 5.58 Å². The van der Waals surface area contributed by atoms with E-state index in [2.05, 4.69) is 26.4 Å². The zero-order chi connectivity index (χ0) is 15.9. The number of alkyl carbamates (subject to hydrolysis) is 1. The quantitative estimate of drug-likeness (QED) is 0.750. The normalized spacial score (nSPS) is 10.7. The Morgan fingerprint density at radius 3 is 3.00 bits per heavy atom. The van der Waals surface area contributed by atoms with E-state index in [-0.39, 0.29) is 6.61 Å². The largest absolute Gasteiger partial charge is 0.473 e. The predicted molar refractivity (Wildman–Crippen MR) is 86.2 cm³/mol. The Balaban J connectivity index is 1.83. The summed E-state index contributed by atoms with van der Waals surface area (Å²) in [4.78, 5) is 11.4. The van der Waals surface area contributed by atoms with Gasteiger partial charge in [-0.05, 0) is 36.2 Å². The van der Waals surface area contributed by atoms with Gasteiger partial charge < -0.3 is 19.3 Å². The van der Waals surface area contributed by atoms with Gasteiger partial charge in [0.1, 0.15) is 6.61 Å². The van der Waals surface area contributed by atoms with Gasteiger partial charge in [0.2, 0.25) is 0 Å². The van der Waals surface area contributed by atoms with Gasteiger partial charge in [0.05, 0.1) is 18.5 Å². The van der Waals surface area contributed by atoms with Crippen LogP contribution in [0.25, 0.3) is 11.0 Å². The van der Waals surface area contributed by atoms with E-state index in [1.54, 1.807) is 0 Å². The molecule has 6 nitrogen and oxygen atoms in total. The van der Waals surface area contributed by atoms with Crippen LogP contribution >= 0.6 is 15.9 Å². The summed E-state index contributed by atoms with van der Waals surface area (Å²) in [6.45, 7) is 5.06. The predicted octanol–water partition coefficient (Wildman–Crippen LogP) is 3.80. The highest BCUT2D eigenvalue weighted by atomic mass is 79.9. The van der Waals surface area contributed by atoms with Gasteiger partial charge in [-0.2, -0.15) is 0 Å². The van der Waals surface area contributed by atoms with Crippen molar-refractivity contribution in [3.8, 4) is 5.88 Å². The maximum absolute atomic E-state index is 11.4. The number of benzene rings is 1. The molecule has 120 valence electrons. The second kappa shape index (κ2) is 8.03. The molecule has 1 aromatic carbocycles. The van der Waals surface area contributed by atoms with E-state index in [0.29, 0.717) is 24.6 Å². The molecule has 0 saturated heterocycles. The molecule has 0 saturated carbocycles. The van der Waals surface area contributed by atoms with E-state index in [9.17, 15) is 4.79 Å². The van der Waals surface area contributed by atoms with Crippen LogP contribution in [-0.4, -0.2) is 31.0 Å². The van der Waals surface area contributed by atoms with E-state index >= 15 is 0 Å². The SMILES string of the molecule is CCCCOC(=O)NCCOc1noc2ccc(Br)c(C)c12. The first-order valence-corrected chi connectivity index (χ1v) is 8.00. The number of rotatable bonds is 7. The third-order valence-corrected chi connectivity index (χ3v) is 4.00. The molecule has 1 aromatic heterocycles. The smallest absolute Gasteiger partial charge is 0.407 e. The van der Waals surface area contributed by atoms with Gasteiger partial charge in [0, 0.05) is 4.47 Å². The van der Waals surface area contributed by atoms with E-state index in [0.717, 1.165) is 28.3 Å². The number of aromatic nitrogens is 1. The molecule has 1 heterocycles. The van der Waals surface area contributed by atoms with Crippen molar-refractivity contribution in [2.75, 3.05) is 19.8 Å². The summed E-state index contributed by atoms with van der Waals surface area (Å²) in [5, 5.41) is 7.37. The Morgan fingerprint density at radius 1 is 1.41 bits per heavy atom. The first-order valence-electron chi connectivity index (χ1n) is 7.21. The molecule has 0 bridgehead atoms. The minimum absolute atomic E-state index is 0.288. The maximum Gasteiger partial charge on any atom is 0.407 e. The van der Waals surface area contributed by atoms with Crippen LogP contribution in [0.3, 0.4) is 0 Å². The molecule has 1 N–H and O–H groups in total. The number of fused-ring (bicyclic) bond motifs is 1. The topological polar surface area (TPSA) is 73.6 Å². The van der Waals surface area contributed by atoms with Crippen molar-refractivity contribution in [1.82, 2.24) is 10.5 Å². The van der Waals surface area contributed by atoms with Crippen LogP contribution in [0.15, 0.2) is 21.1 Å². The van der Waals surface area contributed by atoms with Crippen LogP contribution in [-0.2, 0) is 4.74 Å². The van der Waals surface area contributed by atoms with E-state index in [1.807, 2.05) is 26.0 Å². The molecular weight excluding hydrogens is 352 g/mol. The summed E-state index contributed by atoms with van der Waals surface area (Å²) < 4.78 is 16.7. The number of hydrogen-bond acceptors (Lipinski definition) is 5. The van der Waals surface area contributed by atoms with Gasteiger partial charge in [-0.15, -0.1) is 0 Å². The average molecular weight is 371 g/mol. The van der Waals surface area contributed by atoms with Gasteiger partial charge in [-0.1, -0.05) is 29.3 Å². The van der Waals surface area contributed by atoms with Crippen LogP contribution < -0.4 is 10.1 Å². The zero-order valence-electron chi connectivity index (χ0n) is 12.6. The summed E-state index contributed by atoms with van der Waals surface area (Å²) in [7, 11) is 0. The van der Waals surface area contributed by atoms with Gasteiger partial charge in [-0.25, -0.2) is 4.79 Å². The van der Waals surface area contributed by atoms with E-state index in [4.69, 9.17) is 14.0 Å². The number of ether oxygens (including phenoxy) is 2. The number of aryl methyl sites for hydroxylation is 1. The third kappa shape index (κ3) is 4.13. The Bertz CT molecular complexity index is 642. The van der Waals surface area contributed by atoms with Crippen molar-refractivity contribution in [3.63, 3.8) is 0 Å². The molecule has 0 radical (unpaired) electrons. The number of halogens is 1. The minimum atomic E-state index is -0.430. The molecule has 0 fully saturated rings. The lowest BCUT2D eigenvalue weighted by atomic mass is 10.1. The van der Waals surface area contributed by atoms with Crippen molar-refractivity contribution >= 4 is 33.0 Å². The summed E-state index contributed by atoms with van der Waals surface area (Å²) in [5.74, 6) is 0.426. The fourth-order valence-electron chi connectivity index (χ4n) is 1.90. The summed E-state index contributed by atoms with van der Waals surface area (Å²) in [6.07, 6.45) is 1.43. The zero-order valence-corrected chi connectivity index (χ0v) is 14.2. The Morgan fingerprint density at radius 2 is 2.23 bits per heavy atom. The second-order valence-corrected chi connectivity index (χ2v) is 5.65. The molecular formula is C15H19BrN2O4. The molecule has 1 amide bonds. The first kappa shape index (κ1) is 16.6. The molecule has 0 unspecified atom stereocenters. The molecule has 0 atom stereocenters. The van der Waals surface area contributed by atoms with Gasteiger partial charge >= 0.3 is 6.09 Å². The molecule has 2 aromatic rings. The number of carbonyl (C=O) groups is 1. The summed E-state index contributed by atoms with van der Waals surface area (Å²) >= 11 is 3.47. The number of carbonyl (C=O) groups excluding carboxylic acids is 1. The van der Waals surface area contributed by atoms with Crippen LogP contribution in [0.5, 0.6) is 5.88 Å². The second-order valence-electron chi connectivity index (χ2n) is 4.80. The highest BCUT2D eigenvalue weighted by Crippen LogP contribution is 2.32. The van der Waals surface area contributed by atoms with Crippen molar-refractivity contribution in [1.29, 1.82) is 0 Å². The Kier molecular flexibility index (Phi) is 6.06. The van der Waals surface area contributed by atoms with Gasteiger partial charge in [-0.3, -0.25) is 0 Å². The first-order chi connectivity index (χ1) is 10.6. The third-order valence-electron chi connectivity index (χ3n) is 3.14. The fraction of sp³-hybridized carbons (Fsp3) is 0.467. The monoisotopic (exact) mass is 370 g/mol. The van der Waals surface area contributed by atoms with Crippen molar-refractivity contribution in [2.45, 2.75) is 26.7 Å². The molecule has 2 rings (SSSR count). The highest BCUT2D eigenvalue weighted by Gasteiger charge is 2.14. The highest BCUT2D eigenvalue weighted by molar-refractivity contribution is 9.10. The van der Waals surface area contributed by atoms with Crippen LogP contribution in [0.2, 0.25) is 0 Å². The number of nitrogens with zero attached hydrogens (tertiary/aromatic N) is 1. The number of hydrogen-bond donors (Lipinski definition) is 1. The Labute approximate surface area is 137 Å². The lowest BCUT2D eigenvalue weighted by molar-refractivity contribution is 0.142. The van der Waals surface area contributed by atoms with Crippen molar-refractivity contribution < 1.29 is 18.8 Å². The van der Waals surface area contributed by atoms with Gasteiger partial charge in [0.25, 0.3) is 5.88 Å². The fourth-order valence-corrected chi connectivity index (χ4v) is 2.23. The molecule has 7 heteroatoms. The van der Waals surface area contributed by atoms with Crippen LogP contribution in [0.4, 0.5) is 4.79 Å². The molecule has 0 aliphatic rings. The average Bonchev–Trinajstić information content (AvgIpc) is 2.91. The summed E-state index contributed by atoms with van der Waals surface area (Å²) in [6, 6.07) is 3.73. The van der Waals surface area contributed by atoms with Crippen molar-refractivity contribution in [3.05, 3.63) is 22.2 Å². The summed E-state index contributed by atoms with van der Waals surface area (Å²) in [5.41, 5.74) is 1.67. The lowest BCUT2D eigenvalue weighted by Gasteiger charge is -2.07. The number of amides is 1. The lowest BCUT2D eigenvalue weighted by Crippen LogP contribution is -2.29. The van der Waals surface area contributed by atoms with Crippen LogP contribution in [0, 0.1) is 6.92 Å². The minimum Gasteiger partial charge on any atom is -0.473 e. The number of unbranched alkanes of at least 4 members (excludes halogenated alkanes) is 1.